The quantitative estimate of drug-likeness (QED) is 0.412. The zero-order valence-electron chi connectivity index (χ0n) is 8.98. The molecule has 2 amide bonds. The molecule has 0 aliphatic carbocycles. The molecule has 1 saturated heterocycles. The Morgan fingerprint density at radius 2 is 2.41 bits per heavy atom. The maximum atomic E-state index is 11.7. The average molecular weight is 253 g/mol. The Morgan fingerprint density at radius 1 is 1.71 bits per heavy atom. The van der Waals surface area contributed by atoms with Gasteiger partial charge in [-0.15, -0.1) is 11.3 Å². The number of anilines is 1. The first-order valence-corrected chi connectivity index (χ1v) is 5.78. The van der Waals surface area contributed by atoms with E-state index in [1.165, 1.54) is 5.38 Å². The molecule has 90 valence electrons. The molecule has 7 nitrogen and oxygen atoms in total. The number of aromatic nitrogens is 1. The van der Waals surface area contributed by atoms with E-state index in [9.17, 15) is 9.59 Å². The molecule has 1 aliphatic rings. The Labute approximate surface area is 101 Å². The molecule has 1 fully saturated rings. The van der Waals surface area contributed by atoms with Crippen molar-refractivity contribution in [2.45, 2.75) is 19.0 Å². The minimum Gasteiger partial charge on any atom is -0.375 e. The molecule has 2 heterocycles. The Kier molecular flexibility index (Phi) is 2.80. The van der Waals surface area contributed by atoms with Crippen LogP contribution in [0.5, 0.6) is 0 Å². The van der Waals surface area contributed by atoms with Crippen LogP contribution in [0.4, 0.5) is 5.13 Å². The van der Waals surface area contributed by atoms with Crippen molar-refractivity contribution in [3.8, 4) is 0 Å². The number of nitrogens with two attached hydrogens (primary N) is 1. The standard InChI is InChI=1S/C9H11N5O2S/c1-3-6(8(16)12-3)14-7(15)5(10)4-2-17-9(11)13-4/h2-3,6,10H,1H3,(H2,11,13)(H,12,16)(H,14,15)/t3-,6-/m0/s1. The molecule has 2 atom stereocenters. The molecule has 8 heteroatoms. The van der Waals surface area contributed by atoms with Gasteiger partial charge < -0.3 is 16.4 Å². The lowest BCUT2D eigenvalue weighted by Gasteiger charge is -2.34. The predicted octanol–water partition coefficient (Wildman–Crippen LogP) is -0.904. The van der Waals surface area contributed by atoms with Gasteiger partial charge in [-0.1, -0.05) is 0 Å². The maximum Gasteiger partial charge on any atom is 0.272 e. The number of thiazole rings is 1. The molecule has 0 aromatic carbocycles. The highest BCUT2D eigenvalue weighted by atomic mass is 32.1. The fraction of sp³-hybridized carbons (Fsp3) is 0.333. The predicted molar refractivity (Wildman–Crippen MR) is 62.9 cm³/mol. The van der Waals surface area contributed by atoms with Crippen LogP contribution in [0.2, 0.25) is 0 Å². The maximum absolute atomic E-state index is 11.7. The fourth-order valence-electron chi connectivity index (χ4n) is 1.45. The van der Waals surface area contributed by atoms with Gasteiger partial charge in [0.05, 0.1) is 6.04 Å². The molecular formula is C9H11N5O2S. The average Bonchev–Trinajstić information content (AvgIpc) is 2.71. The Morgan fingerprint density at radius 3 is 2.88 bits per heavy atom. The van der Waals surface area contributed by atoms with E-state index < -0.39 is 11.9 Å². The number of nitrogen functional groups attached to an aromatic ring is 1. The van der Waals surface area contributed by atoms with Crippen LogP contribution in [0.25, 0.3) is 0 Å². The van der Waals surface area contributed by atoms with E-state index in [0.29, 0.717) is 5.13 Å². The second-order valence-corrected chi connectivity index (χ2v) is 4.58. The molecule has 0 bridgehead atoms. The Bertz CT molecular complexity index is 497. The number of hydrogen-bond acceptors (Lipinski definition) is 6. The van der Waals surface area contributed by atoms with Crippen LogP contribution in [0.1, 0.15) is 12.6 Å². The minimum absolute atomic E-state index is 0.111. The van der Waals surface area contributed by atoms with Crippen molar-refractivity contribution in [1.82, 2.24) is 15.6 Å². The van der Waals surface area contributed by atoms with E-state index in [-0.39, 0.29) is 23.4 Å². The van der Waals surface area contributed by atoms with Gasteiger partial charge in [0.25, 0.3) is 5.91 Å². The molecule has 0 radical (unpaired) electrons. The van der Waals surface area contributed by atoms with E-state index in [1.54, 1.807) is 6.92 Å². The van der Waals surface area contributed by atoms with Gasteiger partial charge in [0.1, 0.15) is 17.4 Å². The van der Waals surface area contributed by atoms with Crippen LogP contribution in [0.3, 0.4) is 0 Å². The van der Waals surface area contributed by atoms with Crippen LogP contribution in [-0.4, -0.2) is 34.6 Å². The van der Waals surface area contributed by atoms with Gasteiger partial charge in [0, 0.05) is 5.38 Å². The lowest BCUT2D eigenvalue weighted by Crippen LogP contribution is -2.68. The summed E-state index contributed by atoms with van der Waals surface area (Å²) in [5, 5.41) is 14.5. The van der Waals surface area contributed by atoms with Crippen molar-refractivity contribution in [3.05, 3.63) is 11.1 Å². The highest BCUT2D eigenvalue weighted by molar-refractivity contribution is 7.13. The van der Waals surface area contributed by atoms with Crippen molar-refractivity contribution in [3.63, 3.8) is 0 Å². The number of carbonyl (C=O) groups excluding carboxylic acids is 2. The SMILES string of the molecule is C[C@@H]1NC(=O)[C@H]1NC(=O)C(=N)c1csc(N)n1. The first-order valence-electron chi connectivity index (χ1n) is 4.90. The van der Waals surface area contributed by atoms with Gasteiger partial charge in [-0.25, -0.2) is 4.98 Å². The molecule has 0 unspecified atom stereocenters. The largest absolute Gasteiger partial charge is 0.375 e. The number of nitrogens with zero attached hydrogens (tertiary/aromatic N) is 1. The number of amides is 2. The van der Waals surface area contributed by atoms with Gasteiger partial charge in [0.2, 0.25) is 5.91 Å². The van der Waals surface area contributed by atoms with Crippen molar-refractivity contribution in [1.29, 1.82) is 5.41 Å². The number of nitrogens with one attached hydrogen (secondary N) is 3. The van der Waals surface area contributed by atoms with Gasteiger partial charge >= 0.3 is 0 Å². The van der Waals surface area contributed by atoms with E-state index in [1.807, 2.05) is 0 Å². The van der Waals surface area contributed by atoms with Crippen molar-refractivity contribution < 1.29 is 9.59 Å². The van der Waals surface area contributed by atoms with Crippen LogP contribution in [0, 0.1) is 5.41 Å². The number of rotatable bonds is 3. The van der Waals surface area contributed by atoms with Crippen molar-refractivity contribution in [2.75, 3.05) is 5.73 Å². The van der Waals surface area contributed by atoms with E-state index in [0.717, 1.165) is 11.3 Å². The van der Waals surface area contributed by atoms with Gasteiger partial charge in [-0.2, -0.15) is 0 Å². The number of β-lactam (4-membered cyclic amide) rings is 1. The van der Waals surface area contributed by atoms with E-state index in [4.69, 9.17) is 11.1 Å². The van der Waals surface area contributed by atoms with Crippen LogP contribution >= 0.6 is 11.3 Å². The molecule has 1 aliphatic heterocycles. The molecule has 2 rings (SSSR count). The summed E-state index contributed by atoms with van der Waals surface area (Å²) >= 11 is 1.16. The summed E-state index contributed by atoms with van der Waals surface area (Å²) in [6.07, 6.45) is 0. The zero-order valence-corrected chi connectivity index (χ0v) is 9.80. The highest BCUT2D eigenvalue weighted by Crippen LogP contribution is 2.12. The topological polar surface area (TPSA) is 121 Å². The monoisotopic (exact) mass is 253 g/mol. The summed E-state index contributed by atoms with van der Waals surface area (Å²) in [6.45, 7) is 1.77. The second kappa shape index (κ2) is 4.13. The van der Waals surface area contributed by atoms with Crippen molar-refractivity contribution in [2.24, 2.45) is 0 Å². The molecule has 1 aromatic heterocycles. The summed E-state index contributed by atoms with van der Waals surface area (Å²) in [4.78, 5) is 26.6. The minimum atomic E-state index is -0.623. The third-order valence-electron chi connectivity index (χ3n) is 2.44. The van der Waals surface area contributed by atoms with Crippen molar-refractivity contribution >= 4 is 34.0 Å². The zero-order chi connectivity index (χ0) is 12.6. The summed E-state index contributed by atoms with van der Waals surface area (Å²) in [6, 6.07) is -0.682. The van der Waals surface area contributed by atoms with E-state index >= 15 is 0 Å². The third-order valence-corrected chi connectivity index (χ3v) is 3.12. The summed E-state index contributed by atoms with van der Waals surface area (Å²) in [5.74, 6) is -0.863. The fourth-order valence-corrected chi connectivity index (χ4v) is 2.01. The molecule has 1 aromatic rings. The molecule has 5 N–H and O–H groups in total. The van der Waals surface area contributed by atoms with Gasteiger partial charge in [0.15, 0.2) is 5.13 Å². The molecular weight excluding hydrogens is 242 g/mol. The van der Waals surface area contributed by atoms with Crippen LogP contribution in [0.15, 0.2) is 5.38 Å². The first kappa shape index (κ1) is 11.5. The molecule has 0 saturated carbocycles. The number of hydrogen-bond donors (Lipinski definition) is 4. The molecule has 0 spiro atoms. The lowest BCUT2D eigenvalue weighted by molar-refractivity contribution is -0.134. The van der Waals surface area contributed by atoms with E-state index in [2.05, 4.69) is 15.6 Å². The number of carbonyl (C=O) groups is 2. The summed E-state index contributed by atoms with van der Waals surface area (Å²) in [5.41, 5.74) is 5.35. The third kappa shape index (κ3) is 2.11. The van der Waals surface area contributed by atoms with Gasteiger partial charge in [-0.05, 0) is 6.92 Å². The Balaban J connectivity index is 2.01. The Hall–Kier alpha value is -1.96. The summed E-state index contributed by atoms with van der Waals surface area (Å²) < 4.78 is 0. The highest BCUT2D eigenvalue weighted by Gasteiger charge is 2.37. The van der Waals surface area contributed by atoms with Gasteiger partial charge in [-0.3, -0.25) is 15.0 Å². The second-order valence-electron chi connectivity index (χ2n) is 3.69. The van der Waals surface area contributed by atoms with Crippen LogP contribution in [-0.2, 0) is 9.59 Å². The lowest BCUT2D eigenvalue weighted by atomic mass is 10.0. The normalized spacial score (nSPS) is 22.5. The first-order chi connectivity index (χ1) is 7.99. The smallest absolute Gasteiger partial charge is 0.272 e. The van der Waals surface area contributed by atoms with Crippen LogP contribution < -0.4 is 16.4 Å². The molecule has 17 heavy (non-hydrogen) atoms. The summed E-state index contributed by atoms with van der Waals surface area (Å²) in [7, 11) is 0.